The summed E-state index contributed by atoms with van der Waals surface area (Å²) in [6.45, 7) is 6.90. The van der Waals surface area contributed by atoms with Crippen molar-refractivity contribution >= 4 is 23.8 Å². The molecule has 1 unspecified atom stereocenters. The van der Waals surface area contributed by atoms with Crippen LogP contribution in [0.15, 0.2) is 0 Å². The molecular weight excluding hydrogens is 264 g/mol. The lowest BCUT2D eigenvalue weighted by Gasteiger charge is -2.27. The third-order valence-electron chi connectivity index (χ3n) is 3.11. The SMILES string of the molecule is CC(C)CN(CC(=O)O)C(=O)NCC1(C)CCCS1. The van der Waals surface area contributed by atoms with Gasteiger partial charge in [-0.2, -0.15) is 11.8 Å². The number of urea groups is 1. The van der Waals surface area contributed by atoms with E-state index in [4.69, 9.17) is 5.11 Å². The number of aliphatic carboxylic acids is 1. The number of carbonyl (C=O) groups is 2. The van der Waals surface area contributed by atoms with Gasteiger partial charge in [-0.15, -0.1) is 0 Å². The molecule has 2 N–H and O–H groups in total. The van der Waals surface area contributed by atoms with Crippen LogP contribution in [0.25, 0.3) is 0 Å². The fourth-order valence-corrected chi connectivity index (χ4v) is 3.42. The molecule has 1 aliphatic heterocycles. The molecule has 6 heteroatoms. The van der Waals surface area contributed by atoms with E-state index in [0.29, 0.717) is 13.1 Å². The van der Waals surface area contributed by atoms with E-state index < -0.39 is 5.97 Å². The molecule has 5 nitrogen and oxygen atoms in total. The molecule has 1 fully saturated rings. The number of nitrogens with one attached hydrogen (secondary N) is 1. The molecule has 0 aromatic heterocycles. The molecule has 2 amide bonds. The molecule has 1 aliphatic rings. The van der Waals surface area contributed by atoms with Crippen LogP contribution in [0.4, 0.5) is 4.79 Å². The molecule has 0 saturated carbocycles. The van der Waals surface area contributed by atoms with Gasteiger partial charge in [-0.1, -0.05) is 13.8 Å². The Morgan fingerprint density at radius 2 is 2.16 bits per heavy atom. The molecule has 1 rings (SSSR count). The molecule has 0 aliphatic carbocycles. The summed E-state index contributed by atoms with van der Waals surface area (Å²) in [6, 6.07) is -0.273. The van der Waals surface area contributed by atoms with Crippen molar-refractivity contribution in [2.45, 2.75) is 38.4 Å². The number of carboxylic acids is 1. The van der Waals surface area contributed by atoms with E-state index in [2.05, 4.69) is 12.2 Å². The lowest BCUT2D eigenvalue weighted by molar-refractivity contribution is -0.137. The fourth-order valence-electron chi connectivity index (χ4n) is 2.17. The Bertz CT molecular complexity index is 328. The van der Waals surface area contributed by atoms with Crippen LogP contribution >= 0.6 is 11.8 Å². The lowest BCUT2D eigenvalue weighted by Crippen LogP contribution is -2.47. The van der Waals surface area contributed by atoms with Gasteiger partial charge in [0.05, 0.1) is 0 Å². The minimum atomic E-state index is -0.975. The molecule has 0 bridgehead atoms. The second-order valence-electron chi connectivity index (χ2n) is 5.73. The van der Waals surface area contributed by atoms with Gasteiger partial charge in [-0.3, -0.25) is 4.79 Å². The number of thioether (sulfide) groups is 1. The third kappa shape index (κ3) is 5.72. The van der Waals surface area contributed by atoms with Crippen molar-refractivity contribution in [3.05, 3.63) is 0 Å². The van der Waals surface area contributed by atoms with Crippen LogP contribution in [0.3, 0.4) is 0 Å². The van der Waals surface area contributed by atoms with Crippen molar-refractivity contribution in [3.8, 4) is 0 Å². The topological polar surface area (TPSA) is 69.6 Å². The van der Waals surface area contributed by atoms with Gasteiger partial charge in [0, 0.05) is 17.8 Å². The highest BCUT2D eigenvalue weighted by Gasteiger charge is 2.30. The highest BCUT2D eigenvalue weighted by atomic mass is 32.2. The summed E-state index contributed by atoms with van der Waals surface area (Å²) in [4.78, 5) is 24.2. The number of hydrogen-bond donors (Lipinski definition) is 2. The molecule has 19 heavy (non-hydrogen) atoms. The van der Waals surface area contributed by atoms with Gasteiger partial charge in [0.25, 0.3) is 0 Å². The highest BCUT2D eigenvalue weighted by molar-refractivity contribution is 8.00. The number of rotatable bonds is 6. The first kappa shape index (κ1) is 16.1. The Labute approximate surface area is 119 Å². The molecule has 1 atom stereocenters. The monoisotopic (exact) mass is 288 g/mol. The zero-order valence-corrected chi connectivity index (χ0v) is 12.8. The summed E-state index contributed by atoms with van der Waals surface area (Å²) >= 11 is 1.88. The number of nitrogens with zero attached hydrogens (tertiary/aromatic N) is 1. The summed E-state index contributed by atoms with van der Waals surface area (Å²) in [5.74, 6) is 0.413. The first-order valence-electron chi connectivity index (χ1n) is 6.71. The van der Waals surface area contributed by atoms with E-state index >= 15 is 0 Å². The summed E-state index contributed by atoms with van der Waals surface area (Å²) in [6.07, 6.45) is 2.28. The smallest absolute Gasteiger partial charge is 0.323 e. The summed E-state index contributed by atoms with van der Waals surface area (Å²) in [5, 5.41) is 11.7. The molecule has 0 aromatic rings. The second-order valence-corrected chi connectivity index (χ2v) is 7.41. The molecule has 1 heterocycles. The van der Waals surface area contributed by atoms with Crippen molar-refractivity contribution in [1.82, 2.24) is 10.2 Å². The van der Waals surface area contributed by atoms with Crippen LogP contribution in [0.5, 0.6) is 0 Å². The van der Waals surface area contributed by atoms with Gasteiger partial charge in [0.2, 0.25) is 0 Å². The first-order chi connectivity index (χ1) is 8.82. The van der Waals surface area contributed by atoms with Crippen molar-refractivity contribution in [2.24, 2.45) is 5.92 Å². The molecule has 0 spiro atoms. The maximum absolute atomic E-state index is 12.1. The standard InChI is InChI=1S/C13H24N2O3S/c1-10(2)7-15(8-11(16)17)12(18)14-9-13(3)5-4-6-19-13/h10H,4-9H2,1-3H3,(H,14,18)(H,16,17). The largest absolute Gasteiger partial charge is 0.480 e. The summed E-state index contributed by atoms with van der Waals surface area (Å²) < 4.78 is 0.0996. The van der Waals surface area contributed by atoms with Gasteiger partial charge in [-0.05, 0) is 31.4 Å². The van der Waals surface area contributed by atoms with Crippen molar-refractivity contribution < 1.29 is 14.7 Å². The minimum absolute atomic E-state index is 0.0996. The van der Waals surface area contributed by atoms with Gasteiger partial charge >= 0.3 is 12.0 Å². The fraction of sp³-hybridized carbons (Fsp3) is 0.846. The second kappa shape index (κ2) is 7.03. The van der Waals surface area contributed by atoms with Crippen molar-refractivity contribution in [1.29, 1.82) is 0 Å². The van der Waals surface area contributed by atoms with E-state index in [9.17, 15) is 9.59 Å². The number of hydrogen-bond acceptors (Lipinski definition) is 3. The quantitative estimate of drug-likeness (QED) is 0.784. The van der Waals surface area contributed by atoms with Crippen LogP contribution in [0, 0.1) is 5.92 Å². The van der Waals surface area contributed by atoms with E-state index in [1.165, 1.54) is 11.3 Å². The average molecular weight is 288 g/mol. The number of carboxylic acid groups (broad SMARTS) is 1. The summed E-state index contributed by atoms with van der Waals surface area (Å²) in [7, 11) is 0. The van der Waals surface area contributed by atoms with E-state index in [1.807, 2.05) is 25.6 Å². The summed E-state index contributed by atoms with van der Waals surface area (Å²) in [5.41, 5.74) is 0. The van der Waals surface area contributed by atoms with E-state index in [0.717, 1.165) is 12.2 Å². The zero-order chi connectivity index (χ0) is 14.5. The van der Waals surface area contributed by atoms with Crippen LogP contribution in [0.1, 0.15) is 33.6 Å². The Morgan fingerprint density at radius 1 is 1.47 bits per heavy atom. The zero-order valence-electron chi connectivity index (χ0n) is 11.9. The van der Waals surface area contributed by atoms with Gasteiger partial charge in [0.1, 0.15) is 6.54 Å². The Balaban J connectivity index is 2.48. The Morgan fingerprint density at radius 3 is 2.63 bits per heavy atom. The van der Waals surface area contributed by atoms with Gasteiger partial charge in [0.15, 0.2) is 0 Å². The van der Waals surface area contributed by atoms with Crippen molar-refractivity contribution in [3.63, 3.8) is 0 Å². The maximum Gasteiger partial charge on any atom is 0.323 e. The minimum Gasteiger partial charge on any atom is -0.480 e. The highest BCUT2D eigenvalue weighted by Crippen LogP contribution is 2.36. The molecule has 0 radical (unpaired) electrons. The maximum atomic E-state index is 12.1. The molecule has 1 saturated heterocycles. The van der Waals surface area contributed by atoms with Gasteiger partial charge < -0.3 is 15.3 Å². The number of carbonyl (C=O) groups excluding carboxylic acids is 1. The number of amides is 2. The Kier molecular flexibility index (Phi) is 5.97. The molecule has 0 aromatic carbocycles. The van der Waals surface area contributed by atoms with Crippen LogP contribution in [0.2, 0.25) is 0 Å². The van der Waals surface area contributed by atoms with Crippen LogP contribution < -0.4 is 5.32 Å². The average Bonchev–Trinajstić information content (AvgIpc) is 2.71. The predicted octanol–water partition coefficient (Wildman–Crippen LogP) is 2.02. The normalized spacial score (nSPS) is 22.5. The lowest BCUT2D eigenvalue weighted by atomic mass is 10.1. The Hall–Kier alpha value is -0.910. The predicted molar refractivity (Wildman–Crippen MR) is 77.5 cm³/mol. The molecular formula is C13H24N2O3S. The van der Waals surface area contributed by atoms with E-state index in [-0.39, 0.29) is 23.2 Å². The van der Waals surface area contributed by atoms with Crippen LogP contribution in [-0.2, 0) is 4.79 Å². The van der Waals surface area contributed by atoms with E-state index in [1.54, 1.807) is 0 Å². The molecule has 110 valence electrons. The van der Waals surface area contributed by atoms with Crippen molar-refractivity contribution in [2.75, 3.05) is 25.4 Å². The third-order valence-corrected chi connectivity index (χ3v) is 4.65. The van der Waals surface area contributed by atoms with Crippen LogP contribution in [-0.4, -0.2) is 52.1 Å². The van der Waals surface area contributed by atoms with Gasteiger partial charge in [-0.25, -0.2) is 4.79 Å². The first-order valence-corrected chi connectivity index (χ1v) is 7.69.